The van der Waals surface area contributed by atoms with E-state index in [9.17, 15) is 4.79 Å². The standard InChI is InChI=1S/C29H35N7O3/c1-19-6-7-20(2)26(15-19)34-10-12-35(13-11-34)27(28-31-32-33-36(28)18-23-5-4-14-39-23)24-16-21-8-9-22(38-3)17-25(21)30-29(24)37/h6-9,15-17,23,27H,4-5,10-14,18H2,1-3H3,(H,30,37)/t23-,27+/m1/s1. The second kappa shape index (κ2) is 10.8. The van der Waals surface area contributed by atoms with Gasteiger partial charge in [-0.25, -0.2) is 4.68 Å². The Kier molecular flexibility index (Phi) is 7.05. The van der Waals surface area contributed by atoms with Crippen LogP contribution in [0.15, 0.2) is 47.3 Å². The number of aromatic amines is 1. The average Bonchev–Trinajstić information content (AvgIpc) is 3.63. The molecule has 2 aromatic heterocycles. The first kappa shape index (κ1) is 25.5. The van der Waals surface area contributed by atoms with Crippen molar-refractivity contribution in [2.45, 2.75) is 45.4 Å². The van der Waals surface area contributed by atoms with Gasteiger partial charge >= 0.3 is 0 Å². The number of fused-ring (bicyclic) bond motifs is 1. The largest absolute Gasteiger partial charge is 0.497 e. The highest BCUT2D eigenvalue weighted by atomic mass is 16.5. The summed E-state index contributed by atoms with van der Waals surface area (Å²) in [5.41, 5.74) is 5.02. The molecular weight excluding hydrogens is 494 g/mol. The van der Waals surface area contributed by atoms with Crippen molar-refractivity contribution in [1.82, 2.24) is 30.1 Å². The Balaban J connectivity index is 1.36. The van der Waals surface area contributed by atoms with Crippen LogP contribution in [0.25, 0.3) is 10.9 Å². The van der Waals surface area contributed by atoms with Crippen LogP contribution in [0, 0.1) is 13.8 Å². The van der Waals surface area contributed by atoms with Crippen molar-refractivity contribution < 1.29 is 9.47 Å². The van der Waals surface area contributed by atoms with Crippen molar-refractivity contribution in [3.05, 3.63) is 75.3 Å². The van der Waals surface area contributed by atoms with E-state index in [-0.39, 0.29) is 11.7 Å². The van der Waals surface area contributed by atoms with Gasteiger partial charge in [0.15, 0.2) is 5.82 Å². The number of piperazine rings is 1. The number of aromatic nitrogens is 5. The third-order valence-corrected chi connectivity index (χ3v) is 7.97. The molecule has 4 aromatic rings. The molecule has 204 valence electrons. The molecule has 10 heteroatoms. The molecule has 2 aliphatic heterocycles. The predicted molar refractivity (Wildman–Crippen MR) is 149 cm³/mol. The molecule has 0 saturated carbocycles. The SMILES string of the molecule is COc1ccc2cc([C@@H](c3nnnn3C[C@H]3CCCO3)N3CCN(c4cc(C)ccc4C)CC3)c(=O)[nH]c2c1. The normalized spacial score (nSPS) is 19.1. The lowest BCUT2D eigenvalue weighted by molar-refractivity contribution is 0.0906. The van der Waals surface area contributed by atoms with E-state index in [4.69, 9.17) is 9.47 Å². The van der Waals surface area contributed by atoms with Gasteiger partial charge in [-0.2, -0.15) is 0 Å². The van der Waals surface area contributed by atoms with E-state index in [0.29, 0.717) is 23.7 Å². The molecule has 2 saturated heterocycles. The molecule has 2 atom stereocenters. The Morgan fingerprint density at radius 2 is 1.95 bits per heavy atom. The number of pyridine rings is 1. The lowest BCUT2D eigenvalue weighted by Gasteiger charge is -2.40. The van der Waals surface area contributed by atoms with Gasteiger partial charge in [0.1, 0.15) is 11.8 Å². The highest BCUT2D eigenvalue weighted by Gasteiger charge is 2.34. The molecule has 0 unspecified atom stereocenters. The summed E-state index contributed by atoms with van der Waals surface area (Å²) in [7, 11) is 1.62. The third-order valence-electron chi connectivity index (χ3n) is 7.97. The van der Waals surface area contributed by atoms with Gasteiger partial charge in [0, 0.05) is 50.1 Å². The molecule has 39 heavy (non-hydrogen) atoms. The molecule has 2 aromatic carbocycles. The Morgan fingerprint density at radius 3 is 2.72 bits per heavy atom. The van der Waals surface area contributed by atoms with Crippen molar-refractivity contribution in [2.75, 3.05) is 44.8 Å². The van der Waals surface area contributed by atoms with Crippen LogP contribution < -0.4 is 15.2 Å². The first-order valence-electron chi connectivity index (χ1n) is 13.6. The number of methoxy groups -OCH3 is 1. The zero-order valence-corrected chi connectivity index (χ0v) is 22.8. The molecule has 2 fully saturated rings. The smallest absolute Gasteiger partial charge is 0.253 e. The summed E-state index contributed by atoms with van der Waals surface area (Å²) in [5, 5.41) is 13.8. The highest BCUT2D eigenvalue weighted by Crippen LogP contribution is 2.31. The van der Waals surface area contributed by atoms with Crippen LogP contribution in [0.4, 0.5) is 5.69 Å². The zero-order chi connectivity index (χ0) is 26.9. The maximum Gasteiger partial charge on any atom is 0.253 e. The van der Waals surface area contributed by atoms with Crippen LogP contribution in [0.2, 0.25) is 0 Å². The molecule has 4 heterocycles. The first-order valence-corrected chi connectivity index (χ1v) is 13.6. The summed E-state index contributed by atoms with van der Waals surface area (Å²) in [4.78, 5) is 21.4. The minimum absolute atomic E-state index is 0.0800. The van der Waals surface area contributed by atoms with E-state index in [1.165, 1.54) is 16.8 Å². The van der Waals surface area contributed by atoms with Gasteiger partial charge in [-0.05, 0) is 77.9 Å². The van der Waals surface area contributed by atoms with Crippen LogP contribution in [-0.2, 0) is 11.3 Å². The lowest BCUT2D eigenvalue weighted by atomic mass is 10.0. The lowest BCUT2D eigenvalue weighted by Crippen LogP contribution is -2.49. The van der Waals surface area contributed by atoms with Gasteiger partial charge in [-0.3, -0.25) is 9.69 Å². The fourth-order valence-electron chi connectivity index (χ4n) is 5.83. The molecule has 1 N–H and O–H groups in total. The Hall–Kier alpha value is -3.76. The second-order valence-electron chi connectivity index (χ2n) is 10.6. The van der Waals surface area contributed by atoms with Gasteiger partial charge in [-0.15, -0.1) is 5.10 Å². The van der Waals surface area contributed by atoms with Crippen molar-refractivity contribution in [3.63, 3.8) is 0 Å². The van der Waals surface area contributed by atoms with Crippen molar-refractivity contribution in [3.8, 4) is 5.75 Å². The van der Waals surface area contributed by atoms with Crippen molar-refractivity contribution >= 4 is 16.6 Å². The second-order valence-corrected chi connectivity index (χ2v) is 10.6. The van der Waals surface area contributed by atoms with Gasteiger partial charge in [0.05, 0.1) is 25.3 Å². The van der Waals surface area contributed by atoms with Gasteiger partial charge in [0.2, 0.25) is 0 Å². The molecule has 6 rings (SSSR count). The maximum absolute atomic E-state index is 13.6. The summed E-state index contributed by atoms with van der Waals surface area (Å²) in [6, 6.07) is 13.9. The van der Waals surface area contributed by atoms with Crippen LogP contribution in [0.5, 0.6) is 5.75 Å². The van der Waals surface area contributed by atoms with Crippen LogP contribution >= 0.6 is 0 Å². The molecule has 0 bridgehead atoms. The van der Waals surface area contributed by atoms with E-state index in [2.05, 4.69) is 62.4 Å². The third kappa shape index (κ3) is 5.14. The predicted octanol–water partition coefficient (Wildman–Crippen LogP) is 3.23. The van der Waals surface area contributed by atoms with Gasteiger partial charge in [0.25, 0.3) is 5.56 Å². The van der Waals surface area contributed by atoms with Crippen molar-refractivity contribution in [2.24, 2.45) is 0 Å². The van der Waals surface area contributed by atoms with E-state index in [1.807, 2.05) is 28.9 Å². The fraction of sp³-hybridized carbons (Fsp3) is 0.448. The molecule has 0 spiro atoms. The topological polar surface area (TPSA) is 101 Å². The molecule has 0 amide bonds. The minimum Gasteiger partial charge on any atom is -0.497 e. The number of tetrazole rings is 1. The van der Waals surface area contributed by atoms with Gasteiger partial charge in [-0.1, -0.05) is 12.1 Å². The Bertz CT molecular complexity index is 1520. The monoisotopic (exact) mass is 529 g/mol. The van der Waals surface area contributed by atoms with Crippen LogP contribution in [-0.4, -0.2) is 76.1 Å². The fourth-order valence-corrected chi connectivity index (χ4v) is 5.83. The van der Waals surface area contributed by atoms with E-state index >= 15 is 0 Å². The van der Waals surface area contributed by atoms with E-state index < -0.39 is 6.04 Å². The number of aryl methyl sites for hydroxylation is 2. The number of ether oxygens (including phenoxy) is 2. The molecule has 0 aliphatic carbocycles. The quantitative estimate of drug-likeness (QED) is 0.390. The molecule has 2 aliphatic rings. The summed E-state index contributed by atoms with van der Waals surface area (Å²) >= 11 is 0. The van der Waals surface area contributed by atoms with Crippen LogP contribution in [0.3, 0.4) is 0 Å². The Labute approximate surface area is 227 Å². The molecule has 10 nitrogen and oxygen atoms in total. The van der Waals surface area contributed by atoms with E-state index in [0.717, 1.165) is 56.5 Å². The van der Waals surface area contributed by atoms with Crippen LogP contribution in [0.1, 0.15) is 41.4 Å². The molecule has 0 radical (unpaired) electrons. The number of H-pyrrole nitrogens is 1. The number of nitrogens with zero attached hydrogens (tertiary/aromatic N) is 6. The summed E-state index contributed by atoms with van der Waals surface area (Å²) in [6.07, 6.45) is 2.10. The number of nitrogens with one attached hydrogen (secondary N) is 1. The highest BCUT2D eigenvalue weighted by molar-refractivity contribution is 5.80. The van der Waals surface area contributed by atoms with E-state index in [1.54, 1.807) is 7.11 Å². The Morgan fingerprint density at radius 1 is 1.10 bits per heavy atom. The van der Waals surface area contributed by atoms with Crippen molar-refractivity contribution in [1.29, 1.82) is 0 Å². The number of hydrogen-bond acceptors (Lipinski definition) is 8. The number of anilines is 1. The average molecular weight is 530 g/mol. The number of benzene rings is 2. The first-order chi connectivity index (χ1) is 19.0. The number of hydrogen-bond donors (Lipinski definition) is 1. The summed E-state index contributed by atoms with van der Waals surface area (Å²) < 4.78 is 13.1. The number of rotatable bonds is 7. The maximum atomic E-state index is 13.6. The molecular formula is C29H35N7O3. The van der Waals surface area contributed by atoms with Gasteiger partial charge < -0.3 is 19.4 Å². The minimum atomic E-state index is -0.391. The summed E-state index contributed by atoms with van der Waals surface area (Å²) in [6.45, 7) is 8.85. The zero-order valence-electron chi connectivity index (χ0n) is 22.8. The summed E-state index contributed by atoms with van der Waals surface area (Å²) in [5.74, 6) is 1.37.